The topological polar surface area (TPSA) is 215 Å². The average molecular weight is 717 g/mol. The second kappa shape index (κ2) is 20.5. The Balaban J connectivity index is 1.67. The van der Waals surface area contributed by atoms with Crippen LogP contribution in [0.15, 0.2) is 84.9 Å². The van der Waals surface area contributed by atoms with E-state index in [1.165, 1.54) is 31.2 Å². The third-order valence-electron chi connectivity index (χ3n) is 7.62. The van der Waals surface area contributed by atoms with Gasteiger partial charge in [0.25, 0.3) is 5.69 Å². The highest BCUT2D eigenvalue weighted by molar-refractivity contribution is 5.94. The molecule has 15 heteroatoms. The largest absolute Gasteiger partial charge is 0.459 e. The molecule has 0 aliphatic rings. The highest BCUT2D eigenvalue weighted by Crippen LogP contribution is 2.14. The molecule has 0 aliphatic carbocycles. The molecule has 0 saturated carbocycles. The summed E-state index contributed by atoms with van der Waals surface area (Å²) in [5.41, 5.74) is 1.83. The molecule has 5 N–H and O–H groups in total. The third-order valence-corrected chi connectivity index (χ3v) is 7.62. The van der Waals surface area contributed by atoms with E-state index < -0.39 is 65.7 Å². The van der Waals surface area contributed by atoms with Crippen LogP contribution >= 0.6 is 0 Å². The Morgan fingerprint density at radius 1 is 0.654 bits per heavy atom. The number of nitro benzene ring substituents is 1. The number of nitrogens with one attached hydrogen (secondary N) is 5. The first-order valence-electron chi connectivity index (χ1n) is 16.7. The summed E-state index contributed by atoms with van der Waals surface area (Å²) in [6.07, 6.45) is 0.488. The second-order valence-electron chi connectivity index (χ2n) is 12.5. The van der Waals surface area contributed by atoms with Gasteiger partial charge < -0.3 is 31.3 Å². The monoisotopic (exact) mass is 716 g/mol. The number of carbonyl (C=O) groups excluding carboxylic acids is 6. The number of nitro groups is 1. The van der Waals surface area contributed by atoms with Crippen molar-refractivity contribution in [1.82, 2.24) is 26.6 Å². The van der Waals surface area contributed by atoms with Gasteiger partial charge in [0, 0.05) is 31.9 Å². The van der Waals surface area contributed by atoms with E-state index in [1.54, 1.807) is 60.7 Å². The Kier molecular flexibility index (Phi) is 15.9. The van der Waals surface area contributed by atoms with Crippen molar-refractivity contribution in [3.63, 3.8) is 0 Å². The molecule has 52 heavy (non-hydrogen) atoms. The SMILES string of the molecule is CC(=O)N[C@H](CC(C)C)C(=O)NCC(=O)NCC(=O)N[C@@H](Cc1ccccc1)C(=O)N[C@@H](Cc1ccccc1)C(=O)OCc1ccc([N+](=O)[O-])cc1. The molecule has 0 fully saturated rings. The van der Waals surface area contributed by atoms with Crippen molar-refractivity contribution < 1.29 is 38.4 Å². The molecular weight excluding hydrogens is 672 g/mol. The highest BCUT2D eigenvalue weighted by Gasteiger charge is 2.29. The number of rotatable bonds is 19. The van der Waals surface area contributed by atoms with Crippen molar-refractivity contribution in [2.24, 2.45) is 5.92 Å². The Bertz CT molecular complexity index is 1680. The van der Waals surface area contributed by atoms with Crippen LogP contribution in [0.2, 0.25) is 0 Å². The van der Waals surface area contributed by atoms with E-state index in [2.05, 4.69) is 26.6 Å². The maximum atomic E-state index is 13.7. The number of esters is 1. The summed E-state index contributed by atoms with van der Waals surface area (Å²) in [6, 6.07) is 20.1. The molecular formula is C37H44N6O9. The molecule has 0 radical (unpaired) electrons. The van der Waals surface area contributed by atoms with E-state index in [0.29, 0.717) is 17.5 Å². The first kappa shape index (κ1) is 40.3. The molecule has 0 heterocycles. The smallest absolute Gasteiger partial charge is 0.329 e. The Hall–Kier alpha value is -6.12. The van der Waals surface area contributed by atoms with Crippen molar-refractivity contribution in [2.75, 3.05) is 13.1 Å². The fourth-order valence-corrected chi connectivity index (χ4v) is 5.07. The lowest BCUT2D eigenvalue weighted by Gasteiger charge is -2.23. The quantitative estimate of drug-likeness (QED) is 0.0695. The lowest BCUT2D eigenvalue weighted by Crippen LogP contribution is -2.55. The molecule has 3 aromatic rings. The fourth-order valence-electron chi connectivity index (χ4n) is 5.07. The Labute approximate surface area is 301 Å². The van der Waals surface area contributed by atoms with Gasteiger partial charge in [-0.2, -0.15) is 0 Å². The van der Waals surface area contributed by atoms with E-state index in [0.717, 1.165) is 5.56 Å². The lowest BCUT2D eigenvalue weighted by atomic mass is 10.0. The van der Waals surface area contributed by atoms with Gasteiger partial charge in [0.1, 0.15) is 24.7 Å². The van der Waals surface area contributed by atoms with Crippen LogP contribution in [0.3, 0.4) is 0 Å². The van der Waals surface area contributed by atoms with Gasteiger partial charge in [0.2, 0.25) is 29.5 Å². The average Bonchev–Trinajstić information content (AvgIpc) is 3.11. The molecule has 0 saturated heterocycles. The number of non-ortho nitro benzene ring substituents is 1. The standard InChI is InChI=1S/C37H44N6O9/c1-24(2)18-30(40-25(3)44)35(47)39-21-33(45)38-22-34(46)41-31(19-26-10-6-4-7-11-26)36(48)42-32(20-27-12-8-5-9-13-27)37(49)52-23-28-14-16-29(17-15-28)43(50)51/h4-17,24,30-32H,18-23H2,1-3H3,(H,38,45)(H,39,47)(H,40,44)(H,41,46)(H,42,48)/t30-,31+,32+/m1/s1. The molecule has 0 unspecified atom stereocenters. The van der Waals surface area contributed by atoms with Crippen molar-refractivity contribution >= 4 is 41.2 Å². The number of nitrogens with zero attached hydrogens (tertiary/aromatic N) is 1. The van der Waals surface area contributed by atoms with Gasteiger partial charge in [-0.25, -0.2) is 4.79 Å². The lowest BCUT2D eigenvalue weighted by molar-refractivity contribution is -0.384. The number of ether oxygens (including phenoxy) is 1. The van der Waals surface area contributed by atoms with E-state index in [-0.39, 0.29) is 37.0 Å². The molecule has 0 aromatic heterocycles. The van der Waals surface area contributed by atoms with Crippen LogP contribution in [0, 0.1) is 16.0 Å². The summed E-state index contributed by atoms with van der Waals surface area (Å²) in [4.78, 5) is 87.1. The predicted octanol–water partition coefficient (Wildman–Crippen LogP) is 1.88. The molecule has 0 bridgehead atoms. The molecule has 5 amide bonds. The molecule has 3 aromatic carbocycles. The zero-order valence-corrected chi connectivity index (χ0v) is 29.3. The van der Waals surface area contributed by atoms with Crippen LogP contribution in [-0.2, 0) is 53.0 Å². The van der Waals surface area contributed by atoms with Crippen LogP contribution in [0.1, 0.15) is 43.9 Å². The summed E-state index contributed by atoms with van der Waals surface area (Å²) in [5, 5.41) is 23.7. The molecule has 15 nitrogen and oxygen atoms in total. The highest BCUT2D eigenvalue weighted by atomic mass is 16.6. The third kappa shape index (κ3) is 14.4. The fraction of sp³-hybridized carbons (Fsp3) is 0.351. The van der Waals surface area contributed by atoms with Crippen LogP contribution in [0.5, 0.6) is 0 Å². The van der Waals surface area contributed by atoms with Crippen molar-refractivity contribution in [2.45, 2.75) is 64.8 Å². The minimum absolute atomic E-state index is 0.0543. The summed E-state index contributed by atoms with van der Waals surface area (Å²) < 4.78 is 5.49. The van der Waals surface area contributed by atoms with Gasteiger partial charge >= 0.3 is 5.97 Å². The summed E-state index contributed by atoms with van der Waals surface area (Å²) in [6.45, 7) is 3.90. The summed E-state index contributed by atoms with van der Waals surface area (Å²) in [7, 11) is 0. The minimum Gasteiger partial charge on any atom is -0.459 e. The van der Waals surface area contributed by atoms with Crippen LogP contribution in [-0.4, -0.2) is 71.6 Å². The zero-order valence-electron chi connectivity index (χ0n) is 29.3. The minimum atomic E-state index is -1.17. The molecule has 3 rings (SSSR count). The van der Waals surface area contributed by atoms with E-state index in [1.807, 2.05) is 13.8 Å². The Morgan fingerprint density at radius 3 is 1.75 bits per heavy atom. The maximum Gasteiger partial charge on any atom is 0.329 e. The number of hydrogen-bond donors (Lipinski definition) is 5. The molecule has 3 atom stereocenters. The van der Waals surface area contributed by atoms with Crippen LogP contribution in [0.4, 0.5) is 5.69 Å². The van der Waals surface area contributed by atoms with Crippen molar-refractivity contribution in [1.29, 1.82) is 0 Å². The van der Waals surface area contributed by atoms with E-state index >= 15 is 0 Å². The van der Waals surface area contributed by atoms with Gasteiger partial charge in [-0.05, 0) is 41.2 Å². The molecule has 0 spiro atoms. The second-order valence-corrected chi connectivity index (χ2v) is 12.5. The predicted molar refractivity (Wildman–Crippen MR) is 190 cm³/mol. The van der Waals surface area contributed by atoms with E-state index in [9.17, 15) is 38.9 Å². The first-order valence-corrected chi connectivity index (χ1v) is 16.7. The van der Waals surface area contributed by atoms with Gasteiger partial charge in [0.05, 0.1) is 18.0 Å². The number of carbonyl (C=O) groups is 6. The number of amides is 5. The van der Waals surface area contributed by atoms with E-state index in [4.69, 9.17) is 4.74 Å². The number of benzene rings is 3. The Morgan fingerprint density at radius 2 is 1.21 bits per heavy atom. The van der Waals surface area contributed by atoms with Crippen molar-refractivity contribution in [3.8, 4) is 0 Å². The summed E-state index contributed by atoms with van der Waals surface area (Å²) >= 11 is 0. The normalized spacial score (nSPS) is 12.4. The van der Waals surface area contributed by atoms with Gasteiger partial charge in [0.15, 0.2) is 0 Å². The van der Waals surface area contributed by atoms with Crippen molar-refractivity contribution in [3.05, 3.63) is 112 Å². The number of hydrogen-bond acceptors (Lipinski definition) is 9. The maximum absolute atomic E-state index is 13.7. The zero-order chi connectivity index (χ0) is 38.0. The van der Waals surface area contributed by atoms with Gasteiger partial charge in [-0.15, -0.1) is 0 Å². The van der Waals surface area contributed by atoms with Gasteiger partial charge in [-0.3, -0.25) is 34.1 Å². The molecule has 0 aliphatic heterocycles. The van der Waals surface area contributed by atoms with Crippen LogP contribution in [0.25, 0.3) is 0 Å². The first-order chi connectivity index (χ1) is 24.8. The van der Waals surface area contributed by atoms with Crippen LogP contribution < -0.4 is 26.6 Å². The van der Waals surface area contributed by atoms with Gasteiger partial charge in [-0.1, -0.05) is 74.5 Å². The summed E-state index contributed by atoms with van der Waals surface area (Å²) in [5.74, 6) is -3.64. The molecule has 276 valence electrons.